The molecule has 4 heteroatoms. The van der Waals surface area contributed by atoms with Gasteiger partial charge in [-0.3, -0.25) is 9.69 Å². The Morgan fingerprint density at radius 3 is 2.80 bits per heavy atom. The number of esters is 1. The summed E-state index contributed by atoms with van der Waals surface area (Å²) in [7, 11) is 1.41. The Hall–Kier alpha value is -0.610. The fraction of sp³-hybridized carbons (Fsp3) is 0.909. The summed E-state index contributed by atoms with van der Waals surface area (Å²) in [5.74, 6) is -0.189. The molecule has 1 aliphatic heterocycles. The molecule has 0 radical (unpaired) electrons. The van der Waals surface area contributed by atoms with E-state index in [9.17, 15) is 9.90 Å². The minimum absolute atomic E-state index is 0.178. The van der Waals surface area contributed by atoms with Crippen molar-refractivity contribution in [1.82, 2.24) is 4.90 Å². The van der Waals surface area contributed by atoms with Gasteiger partial charge in [-0.15, -0.1) is 0 Å². The van der Waals surface area contributed by atoms with Gasteiger partial charge in [-0.2, -0.15) is 0 Å². The monoisotopic (exact) mass is 215 g/mol. The van der Waals surface area contributed by atoms with Crippen LogP contribution in [0.3, 0.4) is 0 Å². The number of ether oxygens (including phenoxy) is 1. The number of hydrogen-bond acceptors (Lipinski definition) is 4. The third-order valence-corrected chi connectivity index (χ3v) is 3.05. The fourth-order valence-corrected chi connectivity index (χ4v) is 2.16. The topological polar surface area (TPSA) is 49.8 Å². The van der Waals surface area contributed by atoms with E-state index < -0.39 is 5.41 Å². The van der Waals surface area contributed by atoms with Crippen LogP contribution in [0.25, 0.3) is 0 Å². The number of rotatable bonds is 4. The molecule has 0 aromatic heterocycles. The zero-order valence-electron chi connectivity index (χ0n) is 9.82. The van der Waals surface area contributed by atoms with E-state index in [1.165, 1.54) is 7.11 Å². The largest absolute Gasteiger partial charge is 0.469 e. The average Bonchev–Trinajstić information content (AvgIpc) is 2.63. The lowest BCUT2D eigenvalue weighted by atomic mass is 9.92. The highest BCUT2D eigenvalue weighted by Gasteiger charge is 2.35. The van der Waals surface area contributed by atoms with Crippen LogP contribution in [0.5, 0.6) is 0 Å². The molecule has 0 amide bonds. The van der Waals surface area contributed by atoms with Crippen LogP contribution in [0.15, 0.2) is 0 Å². The van der Waals surface area contributed by atoms with Crippen LogP contribution in [-0.2, 0) is 9.53 Å². The van der Waals surface area contributed by atoms with Crippen LogP contribution in [0.4, 0.5) is 0 Å². The van der Waals surface area contributed by atoms with Gasteiger partial charge in [-0.05, 0) is 33.2 Å². The molecular weight excluding hydrogens is 194 g/mol. The highest BCUT2D eigenvalue weighted by atomic mass is 16.5. The van der Waals surface area contributed by atoms with Gasteiger partial charge >= 0.3 is 5.97 Å². The smallest absolute Gasteiger partial charge is 0.312 e. The molecule has 15 heavy (non-hydrogen) atoms. The first-order valence-electron chi connectivity index (χ1n) is 5.44. The van der Waals surface area contributed by atoms with Crippen molar-refractivity contribution in [2.75, 3.05) is 26.8 Å². The van der Waals surface area contributed by atoms with Gasteiger partial charge in [-0.25, -0.2) is 0 Å². The minimum Gasteiger partial charge on any atom is -0.469 e. The van der Waals surface area contributed by atoms with E-state index in [0.29, 0.717) is 6.54 Å². The van der Waals surface area contributed by atoms with Gasteiger partial charge in [0.05, 0.1) is 19.1 Å². The molecular formula is C11H21NO3. The number of methoxy groups -OCH3 is 1. The molecule has 0 saturated carbocycles. The van der Waals surface area contributed by atoms with Crippen molar-refractivity contribution in [2.24, 2.45) is 5.41 Å². The lowest BCUT2D eigenvalue weighted by molar-refractivity contribution is -0.152. The molecule has 1 N–H and O–H groups in total. The Morgan fingerprint density at radius 1 is 1.60 bits per heavy atom. The van der Waals surface area contributed by atoms with Gasteiger partial charge in [0.25, 0.3) is 0 Å². The first kappa shape index (κ1) is 12.5. The molecule has 88 valence electrons. The summed E-state index contributed by atoms with van der Waals surface area (Å²) in [6.45, 7) is 5.56. The molecule has 0 spiro atoms. The Morgan fingerprint density at radius 2 is 2.27 bits per heavy atom. The van der Waals surface area contributed by atoms with E-state index in [2.05, 4.69) is 4.90 Å². The van der Waals surface area contributed by atoms with E-state index in [1.54, 1.807) is 0 Å². The van der Waals surface area contributed by atoms with Crippen molar-refractivity contribution in [3.63, 3.8) is 0 Å². The number of carbonyl (C=O) groups excluding carboxylic acids is 1. The molecule has 1 saturated heterocycles. The average molecular weight is 215 g/mol. The molecule has 1 rings (SSSR count). The van der Waals surface area contributed by atoms with Gasteiger partial charge in [0, 0.05) is 12.6 Å². The van der Waals surface area contributed by atoms with Crippen molar-refractivity contribution >= 4 is 5.97 Å². The highest BCUT2D eigenvalue weighted by molar-refractivity contribution is 5.76. The molecule has 1 fully saturated rings. The van der Waals surface area contributed by atoms with Crippen LogP contribution in [0.1, 0.15) is 26.7 Å². The third kappa shape index (κ3) is 2.92. The summed E-state index contributed by atoms with van der Waals surface area (Å²) >= 11 is 0. The predicted octanol–water partition coefficient (Wildman–Crippen LogP) is 0.642. The van der Waals surface area contributed by atoms with Gasteiger partial charge in [0.15, 0.2) is 0 Å². The Kier molecular flexibility index (Phi) is 4.11. The molecule has 1 aliphatic rings. The first-order valence-corrected chi connectivity index (χ1v) is 5.44. The third-order valence-electron chi connectivity index (χ3n) is 3.05. The normalized spacial score (nSPS) is 23.1. The maximum Gasteiger partial charge on any atom is 0.312 e. The van der Waals surface area contributed by atoms with Crippen molar-refractivity contribution < 1.29 is 14.6 Å². The lowest BCUT2D eigenvalue weighted by Gasteiger charge is -2.31. The molecule has 0 aromatic carbocycles. The summed E-state index contributed by atoms with van der Waals surface area (Å²) in [5, 5.41) is 9.17. The van der Waals surface area contributed by atoms with Gasteiger partial charge in [-0.1, -0.05) is 0 Å². The first-order chi connectivity index (χ1) is 7.01. The Labute approximate surface area is 91.2 Å². The SMILES string of the molecule is COC(=O)C(C)(C)CN1CCC[C@@H]1CO. The van der Waals surface area contributed by atoms with Crippen LogP contribution < -0.4 is 0 Å². The van der Waals surface area contributed by atoms with Crippen molar-refractivity contribution in [2.45, 2.75) is 32.7 Å². The summed E-state index contributed by atoms with van der Waals surface area (Å²) in [6, 6.07) is 0.217. The van der Waals surface area contributed by atoms with Crippen molar-refractivity contribution in [3.8, 4) is 0 Å². The van der Waals surface area contributed by atoms with E-state index in [-0.39, 0.29) is 18.6 Å². The predicted molar refractivity (Wildman–Crippen MR) is 57.5 cm³/mol. The number of nitrogens with zero attached hydrogens (tertiary/aromatic N) is 1. The summed E-state index contributed by atoms with van der Waals surface area (Å²) in [6.07, 6.45) is 2.12. The molecule has 0 aromatic rings. The van der Waals surface area contributed by atoms with Crippen molar-refractivity contribution in [1.29, 1.82) is 0 Å². The Balaban J connectivity index is 2.56. The van der Waals surface area contributed by atoms with Crippen LogP contribution in [-0.4, -0.2) is 48.8 Å². The standard InChI is InChI=1S/C11H21NO3/c1-11(2,10(14)15-3)8-12-6-4-5-9(12)7-13/h9,13H,4-8H2,1-3H3/t9-/m1/s1. The summed E-state index contributed by atoms with van der Waals surface area (Å²) in [4.78, 5) is 13.7. The number of hydrogen-bond donors (Lipinski definition) is 1. The second kappa shape index (κ2) is 4.94. The Bertz CT molecular complexity index is 228. The van der Waals surface area contributed by atoms with Gasteiger partial charge < -0.3 is 9.84 Å². The molecule has 0 unspecified atom stereocenters. The second-order valence-electron chi connectivity index (χ2n) is 4.82. The second-order valence-corrected chi connectivity index (χ2v) is 4.82. The lowest BCUT2D eigenvalue weighted by Crippen LogP contribution is -2.43. The molecule has 1 atom stereocenters. The summed E-state index contributed by atoms with van der Waals surface area (Å²) < 4.78 is 4.77. The zero-order valence-corrected chi connectivity index (χ0v) is 9.82. The van der Waals surface area contributed by atoms with Crippen LogP contribution >= 0.6 is 0 Å². The maximum absolute atomic E-state index is 11.5. The molecule has 4 nitrogen and oxygen atoms in total. The van der Waals surface area contributed by atoms with Crippen molar-refractivity contribution in [3.05, 3.63) is 0 Å². The maximum atomic E-state index is 11.5. The highest BCUT2D eigenvalue weighted by Crippen LogP contribution is 2.25. The quantitative estimate of drug-likeness (QED) is 0.699. The van der Waals surface area contributed by atoms with E-state index in [0.717, 1.165) is 19.4 Å². The molecule has 0 bridgehead atoms. The minimum atomic E-state index is -0.494. The summed E-state index contributed by atoms with van der Waals surface area (Å²) in [5.41, 5.74) is -0.494. The van der Waals surface area contributed by atoms with E-state index in [1.807, 2.05) is 13.8 Å². The molecule has 0 aliphatic carbocycles. The number of aliphatic hydroxyl groups is 1. The number of carbonyl (C=O) groups is 1. The zero-order chi connectivity index (χ0) is 11.5. The fourth-order valence-electron chi connectivity index (χ4n) is 2.16. The van der Waals surface area contributed by atoms with E-state index in [4.69, 9.17) is 4.74 Å². The number of likely N-dealkylation sites (tertiary alicyclic amines) is 1. The molecule has 1 heterocycles. The van der Waals surface area contributed by atoms with E-state index >= 15 is 0 Å². The van der Waals surface area contributed by atoms with Gasteiger partial charge in [0.1, 0.15) is 0 Å². The number of aliphatic hydroxyl groups excluding tert-OH is 1. The van der Waals surface area contributed by atoms with Gasteiger partial charge in [0.2, 0.25) is 0 Å². The van der Waals surface area contributed by atoms with Crippen LogP contribution in [0, 0.1) is 5.41 Å². The van der Waals surface area contributed by atoms with Crippen LogP contribution in [0.2, 0.25) is 0 Å².